The highest BCUT2D eigenvalue weighted by molar-refractivity contribution is 5.78. The van der Waals surface area contributed by atoms with Crippen molar-refractivity contribution in [3.05, 3.63) is 97.2 Å². The molecule has 0 heterocycles. The third-order valence-electron chi connectivity index (χ3n) is 11.7. The lowest BCUT2D eigenvalue weighted by molar-refractivity contribution is -0.148. The van der Waals surface area contributed by atoms with Crippen LogP contribution in [0.3, 0.4) is 0 Å². The Balaban J connectivity index is 4.74. The summed E-state index contributed by atoms with van der Waals surface area (Å²) in [5, 5.41) is 23.7. The summed E-state index contributed by atoms with van der Waals surface area (Å²) in [6.07, 6.45) is 69.2. The number of aliphatic hydroxyl groups excluding tert-OH is 2. The third-order valence-corrected chi connectivity index (χ3v) is 11.7. The molecular formula is C59H101NO5. The van der Waals surface area contributed by atoms with Crippen LogP contribution >= 0.6 is 0 Å². The van der Waals surface area contributed by atoms with Crippen LogP contribution in [-0.2, 0) is 14.3 Å². The molecule has 0 spiro atoms. The molecule has 0 saturated heterocycles. The van der Waals surface area contributed by atoms with Crippen molar-refractivity contribution in [2.45, 2.75) is 257 Å². The summed E-state index contributed by atoms with van der Waals surface area (Å²) < 4.78 is 5.82. The molecule has 1 amide bonds. The Morgan fingerprint density at radius 2 is 0.908 bits per heavy atom. The van der Waals surface area contributed by atoms with E-state index in [4.69, 9.17) is 4.74 Å². The van der Waals surface area contributed by atoms with Crippen molar-refractivity contribution in [2.75, 3.05) is 6.61 Å². The molecule has 0 saturated carbocycles. The molecule has 3 N–H and O–H groups in total. The summed E-state index contributed by atoms with van der Waals surface area (Å²) in [7, 11) is 0. The highest BCUT2D eigenvalue weighted by Gasteiger charge is 2.23. The van der Waals surface area contributed by atoms with Crippen molar-refractivity contribution in [2.24, 2.45) is 0 Å². The van der Waals surface area contributed by atoms with E-state index in [0.29, 0.717) is 19.3 Å². The topological polar surface area (TPSA) is 95.9 Å². The van der Waals surface area contributed by atoms with Gasteiger partial charge >= 0.3 is 5.97 Å². The number of unbranched alkanes of at least 4 members (excludes halogenated alkanes) is 23. The van der Waals surface area contributed by atoms with E-state index in [9.17, 15) is 19.8 Å². The SMILES string of the molecule is CC/C=C/C/C=C/C/C=C/C/C=C/C/C=C/C(CC(=O)NC(CO)C(O)CCCCCCCCCCCCCCCC)OC(=O)CCCCCCC/C=C/C=C/C=C/CCCCCCC. The molecule has 6 nitrogen and oxygen atoms in total. The minimum Gasteiger partial charge on any atom is -0.458 e. The number of rotatable bonds is 47. The van der Waals surface area contributed by atoms with E-state index < -0.39 is 18.2 Å². The maximum atomic E-state index is 13.2. The second-order valence-electron chi connectivity index (χ2n) is 18.0. The molecular weight excluding hydrogens is 803 g/mol. The van der Waals surface area contributed by atoms with Crippen LogP contribution in [0.4, 0.5) is 0 Å². The molecule has 0 bridgehead atoms. The van der Waals surface area contributed by atoms with Gasteiger partial charge in [0.25, 0.3) is 0 Å². The lowest BCUT2D eigenvalue weighted by atomic mass is 10.0. The fraction of sp³-hybridized carbons (Fsp3) is 0.695. The van der Waals surface area contributed by atoms with Crippen molar-refractivity contribution in [1.29, 1.82) is 0 Å². The summed E-state index contributed by atoms with van der Waals surface area (Å²) >= 11 is 0. The first-order valence-corrected chi connectivity index (χ1v) is 27.0. The fourth-order valence-electron chi connectivity index (χ4n) is 7.63. The summed E-state index contributed by atoms with van der Waals surface area (Å²) in [4.78, 5) is 26.1. The van der Waals surface area contributed by atoms with Crippen LogP contribution < -0.4 is 5.32 Å². The van der Waals surface area contributed by atoms with E-state index in [-0.39, 0.29) is 24.9 Å². The minimum absolute atomic E-state index is 0.0589. The maximum absolute atomic E-state index is 13.2. The second kappa shape index (κ2) is 51.8. The number of esters is 1. The molecule has 65 heavy (non-hydrogen) atoms. The molecule has 0 aliphatic rings. The average Bonchev–Trinajstić information content (AvgIpc) is 3.30. The van der Waals surface area contributed by atoms with Crippen molar-refractivity contribution in [1.82, 2.24) is 5.32 Å². The van der Waals surface area contributed by atoms with Gasteiger partial charge < -0.3 is 20.3 Å². The number of hydrogen-bond acceptors (Lipinski definition) is 5. The standard InChI is InChI=1S/C59H101NO5/c1-4-7-10-13-16-19-22-25-28-29-30-31-34-37-40-43-46-49-52-59(64)65-55(50-47-44-41-38-35-32-26-23-20-17-14-11-8-5-2)53-58(63)60-56(54-61)57(62)51-48-45-42-39-36-33-27-24-21-18-15-12-9-6-3/h8,11,17,20,22,25-26,28-32,38,41,47,50,55-57,61-62H,4-7,9-10,12-16,18-19,21,23-24,27,33-37,39-40,42-46,48-49,51-54H2,1-3H3,(H,60,63)/b11-8+,20-17+,25-22+,29-28+,31-30+,32-26+,41-38+,50-47+. The van der Waals surface area contributed by atoms with Crippen LogP contribution in [0.25, 0.3) is 0 Å². The van der Waals surface area contributed by atoms with Crippen LogP contribution in [0, 0.1) is 0 Å². The second-order valence-corrected chi connectivity index (χ2v) is 18.0. The molecule has 0 fully saturated rings. The predicted molar refractivity (Wildman–Crippen MR) is 282 cm³/mol. The van der Waals surface area contributed by atoms with E-state index in [1.807, 2.05) is 6.08 Å². The molecule has 3 atom stereocenters. The van der Waals surface area contributed by atoms with Crippen molar-refractivity contribution in [3.63, 3.8) is 0 Å². The van der Waals surface area contributed by atoms with Gasteiger partial charge in [-0.05, 0) is 76.7 Å². The molecule has 0 aliphatic heterocycles. The zero-order valence-electron chi connectivity index (χ0n) is 42.3. The quantitative estimate of drug-likeness (QED) is 0.0245. The number of aliphatic hydroxyl groups is 2. The fourth-order valence-corrected chi connectivity index (χ4v) is 7.63. The largest absolute Gasteiger partial charge is 0.458 e. The number of hydrogen-bond donors (Lipinski definition) is 3. The van der Waals surface area contributed by atoms with Gasteiger partial charge in [-0.1, -0.05) is 247 Å². The average molecular weight is 904 g/mol. The maximum Gasteiger partial charge on any atom is 0.306 e. The molecule has 0 aromatic heterocycles. The van der Waals surface area contributed by atoms with E-state index >= 15 is 0 Å². The Labute approximate surface area is 401 Å². The zero-order valence-corrected chi connectivity index (χ0v) is 42.3. The number of allylic oxidation sites excluding steroid dienone is 15. The number of ether oxygens (including phenoxy) is 1. The lowest BCUT2D eigenvalue weighted by Gasteiger charge is -2.23. The normalized spacial score (nSPS) is 14.0. The first-order valence-electron chi connectivity index (χ1n) is 27.0. The Morgan fingerprint density at radius 3 is 1.37 bits per heavy atom. The van der Waals surface area contributed by atoms with Gasteiger partial charge in [-0.25, -0.2) is 0 Å². The summed E-state index contributed by atoms with van der Waals surface area (Å²) in [6.45, 7) is 6.31. The number of carbonyl (C=O) groups is 2. The van der Waals surface area contributed by atoms with E-state index in [1.165, 1.54) is 103 Å². The molecule has 0 aromatic carbocycles. The van der Waals surface area contributed by atoms with E-state index in [1.54, 1.807) is 6.08 Å². The summed E-state index contributed by atoms with van der Waals surface area (Å²) in [5.41, 5.74) is 0. The number of amides is 1. The Hall–Kier alpha value is -3.22. The third kappa shape index (κ3) is 47.1. The van der Waals surface area contributed by atoms with E-state index in [0.717, 1.165) is 89.9 Å². The van der Waals surface area contributed by atoms with Crippen LogP contribution in [0.5, 0.6) is 0 Å². The Kier molecular flexibility index (Phi) is 49.2. The first kappa shape index (κ1) is 61.8. The number of carbonyl (C=O) groups excluding carboxylic acids is 2. The molecule has 3 unspecified atom stereocenters. The molecule has 372 valence electrons. The van der Waals surface area contributed by atoms with Crippen LogP contribution in [0.2, 0.25) is 0 Å². The summed E-state index contributed by atoms with van der Waals surface area (Å²) in [5.74, 6) is -0.655. The predicted octanol–water partition coefficient (Wildman–Crippen LogP) is 16.5. The number of nitrogens with one attached hydrogen (secondary N) is 1. The van der Waals surface area contributed by atoms with Crippen LogP contribution in [0.15, 0.2) is 97.2 Å². The van der Waals surface area contributed by atoms with Gasteiger partial charge in [0, 0.05) is 6.42 Å². The minimum atomic E-state index is -0.828. The Morgan fingerprint density at radius 1 is 0.492 bits per heavy atom. The van der Waals surface area contributed by atoms with Gasteiger partial charge in [0.15, 0.2) is 0 Å². The van der Waals surface area contributed by atoms with E-state index in [2.05, 4.69) is 111 Å². The van der Waals surface area contributed by atoms with Gasteiger partial charge in [-0.15, -0.1) is 0 Å². The van der Waals surface area contributed by atoms with Gasteiger partial charge in [-0.2, -0.15) is 0 Å². The van der Waals surface area contributed by atoms with Gasteiger partial charge in [0.05, 0.1) is 25.2 Å². The van der Waals surface area contributed by atoms with Crippen molar-refractivity contribution >= 4 is 11.9 Å². The lowest BCUT2D eigenvalue weighted by Crippen LogP contribution is -2.46. The molecule has 0 aromatic rings. The van der Waals surface area contributed by atoms with Crippen molar-refractivity contribution in [3.8, 4) is 0 Å². The monoisotopic (exact) mass is 904 g/mol. The zero-order chi connectivity index (χ0) is 47.4. The smallest absolute Gasteiger partial charge is 0.306 e. The van der Waals surface area contributed by atoms with Gasteiger partial charge in [0.1, 0.15) is 6.10 Å². The summed E-state index contributed by atoms with van der Waals surface area (Å²) in [6, 6.07) is -0.752. The highest BCUT2D eigenvalue weighted by Crippen LogP contribution is 2.16. The van der Waals surface area contributed by atoms with Crippen LogP contribution in [0.1, 0.15) is 239 Å². The first-order chi connectivity index (χ1) is 32.0. The van der Waals surface area contributed by atoms with Crippen LogP contribution in [-0.4, -0.2) is 46.9 Å². The molecule has 0 aliphatic carbocycles. The van der Waals surface area contributed by atoms with Gasteiger partial charge in [-0.3, -0.25) is 9.59 Å². The highest BCUT2D eigenvalue weighted by atomic mass is 16.5. The van der Waals surface area contributed by atoms with Crippen molar-refractivity contribution < 1.29 is 24.5 Å². The van der Waals surface area contributed by atoms with Gasteiger partial charge in [0.2, 0.25) is 5.91 Å². The molecule has 0 radical (unpaired) electrons. The Bertz CT molecular complexity index is 1290. The molecule has 6 heteroatoms. The molecule has 0 rings (SSSR count).